The lowest BCUT2D eigenvalue weighted by molar-refractivity contribution is -0.117. The van der Waals surface area contributed by atoms with Gasteiger partial charge in [0, 0.05) is 51.0 Å². The van der Waals surface area contributed by atoms with Gasteiger partial charge < -0.3 is 15.1 Å². The molecule has 0 heterocycles. The van der Waals surface area contributed by atoms with Crippen molar-refractivity contribution < 1.29 is 9.59 Å². The Bertz CT molecular complexity index is 765. The molecule has 0 saturated carbocycles. The van der Waals surface area contributed by atoms with Crippen LogP contribution in [-0.4, -0.2) is 32.5 Å². The zero-order chi connectivity index (χ0) is 20.0. The highest BCUT2D eigenvalue weighted by molar-refractivity contribution is 5.94. The van der Waals surface area contributed by atoms with Crippen molar-refractivity contribution in [3.8, 4) is 0 Å². The van der Waals surface area contributed by atoms with Crippen molar-refractivity contribution in [3.63, 3.8) is 0 Å². The van der Waals surface area contributed by atoms with Crippen LogP contribution in [0.25, 0.3) is 0 Å². The third-order valence-electron chi connectivity index (χ3n) is 4.48. The van der Waals surface area contributed by atoms with E-state index in [-0.39, 0.29) is 18.2 Å². The number of benzene rings is 2. The van der Waals surface area contributed by atoms with Crippen LogP contribution in [0.3, 0.4) is 0 Å². The molecule has 27 heavy (non-hydrogen) atoms. The van der Waals surface area contributed by atoms with Gasteiger partial charge in [0.1, 0.15) is 0 Å². The molecule has 0 atom stereocenters. The maximum Gasteiger partial charge on any atom is 0.226 e. The molecular weight excluding hydrogens is 338 g/mol. The number of carbonyl (C=O) groups excluding carboxylic acids is 2. The van der Waals surface area contributed by atoms with E-state index in [0.29, 0.717) is 12.5 Å². The van der Waals surface area contributed by atoms with Gasteiger partial charge in [0.15, 0.2) is 0 Å². The van der Waals surface area contributed by atoms with Crippen LogP contribution < -0.4 is 15.1 Å². The maximum absolute atomic E-state index is 12.3. The van der Waals surface area contributed by atoms with E-state index in [1.165, 1.54) is 12.5 Å². The lowest BCUT2D eigenvalue weighted by Crippen LogP contribution is -2.32. The van der Waals surface area contributed by atoms with E-state index in [2.05, 4.69) is 19.2 Å². The molecule has 1 N–H and O–H groups in total. The lowest BCUT2D eigenvalue weighted by Gasteiger charge is -2.22. The number of hydrogen-bond donors (Lipinski definition) is 1. The van der Waals surface area contributed by atoms with Gasteiger partial charge in [-0.25, -0.2) is 0 Å². The molecule has 0 fully saturated rings. The number of nitrogens with zero attached hydrogens (tertiary/aromatic N) is 2. The van der Waals surface area contributed by atoms with Crippen molar-refractivity contribution in [1.82, 2.24) is 0 Å². The van der Waals surface area contributed by atoms with Crippen molar-refractivity contribution in [1.29, 1.82) is 0 Å². The summed E-state index contributed by atoms with van der Waals surface area (Å²) in [6, 6.07) is 15.6. The van der Waals surface area contributed by atoms with E-state index in [4.69, 9.17) is 0 Å². The molecular formula is C22H29N3O2. The number of anilines is 3. The molecule has 0 saturated heterocycles. The van der Waals surface area contributed by atoms with Crippen LogP contribution in [0.4, 0.5) is 17.1 Å². The van der Waals surface area contributed by atoms with Gasteiger partial charge in [-0.1, -0.05) is 26.0 Å². The molecule has 5 nitrogen and oxygen atoms in total. The second kappa shape index (κ2) is 9.21. The quantitative estimate of drug-likeness (QED) is 0.796. The summed E-state index contributed by atoms with van der Waals surface area (Å²) in [6.45, 7) is 6.12. The Kier molecular flexibility index (Phi) is 6.99. The Morgan fingerprint density at radius 1 is 0.926 bits per heavy atom. The molecule has 2 rings (SSSR count). The first-order valence-corrected chi connectivity index (χ1v) is 9.23. The van der Waals surface area contributed by atoms with E-state index in [9.17, 15) is 9.59 Å². The first-order valence-electron chi connectivity index (χ1n) is 9.23. The Hall–Kier alpha value is -2.82. The highest BCUT2D eigenvalue weighted by Crippen LogP contribution is 2.20. The van der Waals surface area contributed by atoms with Crippen LogP contribution >= 0.6 is 0 Å². The topological polar surface area (TPSA) is 52.7 Å². The predicted molar refractivity (Wildman–Crippen MR) is 113 cm³/mol. The van der Waals surface area contributed by atoms with E-state index in [1.54, 1.807) is 4.90 Å². The van der Waals surface area contributed by atoms with E-state index >= 15 is 0 Å². The molecule has 2 aromatic carbocycles. The molecule has 0 bridgehead atoms. The Morgan fingerprint density at radius 3 is 1.96 bits per heavy atom. The second-order valence-corrected chi connectivity index (χ2v) is 7.16. The molecule has 0 aromatic heterocycles. The molecule has 2 amide bonds. The number of rotatable bonds is 7. The van der Waals surface area contributed by atoms with E-state index in [1.807, 2.05) is 67.5 Å². The molecule has 0 radical (unpaired) electrons. The SMILES string of the molecule is CC(=O)N(CCC(=O)Nc1ccc(C(C)C)cc1)c1ccc(N(C)C)cc1. The molecule has 0 aliphatic rings. The normalized spacial score (nSPS) is 10.6. The molecule has 2 aromatic rings. The summed E-state index contributed by atoms with van der Waals surface area (Å²) in [4.78, 5) is 27.9. The minimum atomic E-state index is -0.108. The van der Waals surface area contributed by atoms with E-state index < -0.39 is 0 Å². The number of carbonyl (C=O) groups is 2. The Balaban J connectivity index is 1.96. The fraction of sp³-hybridized carbons (Fsp3) is 0.364. The summed E-state index contributed by atoms with van der Waals surface area (Å²) in [5.41, 5.74) is 3.86. The second-order valence-electron chi connectivity index (χ2n) is 7.16. The first kappa shape index (κ1) is 20.5. The van der Waals surface area contributed by atoms with Crippen molar-refractivity contribution in [2.45, 2.75) is 33.1 Å². The Labute approximate surface area is 162 Å². The van der Waals surface area contributed by atoms with Gasteiger partial charge in [-0.15, -0.1) is 0 Å². The van der Waals surface area contributed by atoms with Gasteiger partial charge in [0.25, 0.3) is 0 Å². The van der Waals surface area contributed by atoms with Crippen LogP contribution in [0.5, 0.6) is 0 Å². The summed E-state index contributed by atoms with van der Waals surface area (Å²) < 4.78 is 0. The smallest absolute Gasteiger partial charge is 0.226 e. The molecule has 5 heteroatoms. The van der Waals surface area contributed by atoms with Gasteiger partial charge in [-0.2, -0.15) is 0 Å². The van der Waals surface area contributed by atoms with E-state index in [0.717, 1.165) is 17.1 Å². The van der Waals surface area contributed by atoms with Crippen molar-refractivity contribution in [3.05, 3.63) is 54.1 Å². The monoisotopic (exact) mass is 367 g/mol. The van der Waals surface area contributed by atoms with Gasteiger partial charge in [0.2, 0.25) is 11.8 Å². The Morgan fingerprint density at radius 2 is 1.48 bits per heavy atom. The van der Waals surface area contributed by atoms with Gasteiger partial charge >= 0.3 is 0 Å². The van der Waals surface area contributed by atoms with Crippen LogP contribution in [-0.2, 0) is 9.59 Å². The van der Waals surface area contributed by atoms with Crippen LogP contribution in [0.1, 0.15) is 38.7 Å². The molecule has 0 unspecified atom stereocenters. The van der Waals surface area contributed by atoms with Crippen LogP contribution in [0.15, 0.2) is 48.5 Å². The zero-order valence-electron chi connectivity index (χ0n) is 16.8. The van der Waals surface area contributed by atoms with Crippen LogP contribution in [0, 0.1) is 0 Å². The molecule has 144 valence electrons. The predicted octanol–water partition coefficient (Wildman–Crippen LogP) is 4.26. The summed E-state index contributed by atoms with van der Waals surface area (Å²) in [5.74, 6) is 0.267. The largest absolute Gasteiger partial charge is 0.378 e. The minimum Gasteiger partial charge on any atom is -0.378 e. The zero-order valence-corrected chi connectivity index (χ0v) is 16.8. The maximum atomic E-state index is 12.3. The molecule has 0 aliphatic heterocycles. The molecule has 0 spiro atoms. The first-order chi connectivity index (χ1) is 12.8. The van der Waals surface area contributed by atoms with Crippen LogP contribution in [0.2, 0.25) is 0 Å². The lowest BCUT2D eigenvalue weighted by atomic mass is 10.0. The average molecular weight is 367 g/mol. The average Bonchev–Trinajstić information content (AvgIpc) is 2.62. The minimum absolute atomic E-state index is 0.0818. The summed E-state index contributed by atoms with van der Waals surface area (Å²) in [6.07, 6.45) is 0.237. The van der Waals surface area contributed by atoms with Crippen molar-refractivity contribution in [2.24, 2.45) is 0 Å². The summed E-state index contributed by atoms with van der Waals surface area (Å²) in [5, 5.41) is 2.89. The number of amides is 2. The van der Waals surface area contributed by atoms with Crippen molar-refractivity contribution >= 4 is 28.9 Å². The molecule has 0 aliphatic carbocycles. The fourth-order valence-electron chi connectivity index (χ4n) is 2.79. The highest BCUT2D eigenvalue weighted by Gasteiger charge is 2.14. The number of hydrogen-bond acceptors (Lipinski definition) is 3. The highest BCUT2D eigenvalue weighted by atomic mass is 16.2. The van der Waals surface area contributed by atoms with Gasteiger partial charge in [0.05, 0.1) is 0 Å². The van der Waals surface area contributed by atoms with Gasteiger partial charge in [-0.3, -0.25) is 9.59 Å². The standard InChI is InChI=1S/C22H29N3O2/c1-16(2)18-6-8-19(9-7-18)23-22(27)14-15-25(17(3)26)21-12-10-20(11-13-21)24(4)5/h6-13,16H,14-15H2,1-5H3,(H,23,27). The summed E-state index contributed by atoms with van der Waals surface area (Å²) >= 11 is 0. The van der Waals surface area contributed by atoms with Crippen molar-refractivity contribution in [2.75, 3.05) is 35.8 Å². The fourth-order valence-corrected chi connectivity index (χ4v) is 2.79. The van der Waals surface area contributed by atoms with Gasteiger partial charge in [-0.05, 0) is 47.9 Å². The number of nitrogens with one attached hydrogen (secondary N) is 1. The third kappa shape index (κ3) is 5.84. The third-order valence-corrected chi connectivity index (χ3v) is 4.48. The summed E-state index contributed by atoms with van der Waals surface area (Å²) in [7, 11) is 3.94.